The molecule has 0 aliphatic carbocycles. The Morgan fingerprint density at radius 3 is 2.79 bits per heavy atom. The van der Waals surface area contributed by atoms with Crippen molar-refractivity contribution in [2.45, 2.75) is 44.0 Å². The lowest BCUT2D eigenvalue weighted by molar-refractivity contribution is -0.121. The van der Waals surface area contributed by atoms with E-state index in [-0.39, 0.29) is 5.91 Å². The lowest BCUT2D eigenvalue weighted by Gasteiger charge is -2.21. The predicted octanol–water partition coefficient (Wildman–Crippen LogP) is 0.526. The highest BCUT2D eigenvalue weighted by Gasteiger charge is 2.22. The molecule has 0 aromatic rings. The van der Waals surface area contributed by atoms with E-state index < -0.39 is 18.3 Å². The third-order valence-corrected chi connectivity index (χ3v) is 3.06. The van der Waals surface area contributed by atoms with Gasteiger partial charge in [-0.1, -0.05) is 24.3 Å². The molecule has 108 valence electrons. The molecule has 1 rings (SSSR count). The summed E-state index contributed by atoms with van der Waals surface area (Å²) in [6.45, 7) is 0.357. The Balaban J connectivity index is 2.67. The van der Waals surface area contributed by atoms with Crippen molar-refractivity contribution in [3.63, 3.8) is 0 Å². The minimum Gasteiger partial charge on any atom is -0.387 e. The summed E-state index contributed by atoms with van der Waals surface area (Å²) in [7, 11) is 1.50. The molecule has 0 radical (unpaired) electrons. The fraction of sp³-hybridized carbons (Fsp3) is 0.643. The van der Waals surface area contributed by atoms with Gasteiger partial charge in [0, 0.05) is 20.1 Å². The number of carbonyl (C=O) groups is 1. The van der Waals surface area contributed by atoms with Gasteiger partial charge in [0.25, 0.3) is 0 Å². The quantitative estimate of drug-likeness (QED) is 0.607. The van der Waals surface area contributed by atoms with Gasteiger partial charge in [-0.05, 0) is 19.3 Å². The molecular weight excluding hydrogens is 246 g/mol. The molecule has 0 bridgehead atoms. The predicted molar refractivity (Wildman–Crippen MR) is 72.6 cm³/mol. The summed E-state index contributed by atoms with van der Waals surface area (Å²) in [5, 5.41) is 22.5. The number of aliphatic hydroxyl groups is 2. The molecule has 0 aromatic heterocycles. The number of hydrogen-bond donors (Lipinski definition) is 3. The summed E-state index contributed by atoms with van der Waals surface area (Å²) >= 11 is 0. The fourth-order valence-corrected chi connectivity index (χ4v) is 1.89. The number of aliphatic hydroxyl groups excluding tert-OH is 2. The zero-order chi connectivity index (χ0) is 14.1. The van der Waals surface area contributed by atoms with Crippen LogP contribution in [0.15, 0.2) is 24.3 Å². The molecule has 1 heterocycles. The van der Waals surface area contributed by atoms with E-state index in [1.807, 2.05) is 6.08 Å². The molecule has 0 unspecified atom stereocenters. The van der Waals surface area contributed by atoms with Crippen LogP contribution in [-0.2, 0) is 9.53 Å². The van der Waals surface area contributed by atoms with E-state index in [0.29, 0.717) is 13.0 Å². The monoisotopic (exact) mass is 269 g/mol. The van der Waals surface area contributed by atoms with Gasteiger partial charge in [0.15, 0.2) is 0 Å². The van der Waals surface area contributed by atoms with Crippen molar-refractivity contribution in [3.8, 4) is 0 Å². The average molecular weight is 269 g/mol. The molecule has 0 saturated carbocycles. The van der Waals surface area contributed by atoms with Gasteiger partial charge in [0.2, 0.25) is 5.91 Å². The van der Waals surface area contributed by atoms with Crippen molar-refractivity contribution in [1.82, 2.24) is 5.32 Å². The number of methoxy groups -OCH3 is 1. The van der Waals surface area contributed by atoms with Crippen molar-refractivity contribution in [2.75, 3.05) is 13.7 Å². The molecule has 0 fully saturated rings. The third kappa shape index (κ3) is 6.00. The number of carbonyl (C=O) groups excluding carboxylic acids is 1. The number of hydrogen-bond acceptors (Lipinski definition) is 4. The minimum absolute atomic E-state index is 0.00972. The van der Waals surface area contributed by atoms with E-state index >= 15 is 0 Å². The Morgan fingerprint density at radius 1 is 1.26 bits per heavy atom. The SMILES string of the molecule is CO[C@H]1/C=C/CCCCC(=O)NC/C=C\[C@H](O)[C@@H]1O. The number of nitrogens with one attached hydrogen (secondary N) is 1. The second kappa shape index (κ2) is 8.85. The summed E-state index contributed by atoms with van der Waals surface area (Å²) in [6.07, 6.45) is 7.29. The maximum Gasteiger partial charge on any atom is 0.220 e. The third-order valence-electron chi connectivity index (χ3n) is 3.06. The van der Waals surface area contributed by atoms with Gasteiger partial charge >= 0.3 is 0 Å². The van der Waals surface area contributed by atoms with Crippen LogP contribution in [0, 0.1) is 0 Å². The Morgan fingerprint density at radius 2 is 2.05 bits per heavy atom. The van der Waals surface area contributed by atoms with Gasteiger partial charge in [0.05, 0.1) is 0 Å². The van der Waals surface area contributed by atoms with Crippen molar-refractivity contribution in [1.29, 1.82) is 0 Å². The number of rotatable bonds is 1. The highest BCUT2D eigenvalue weighted by Crippen LogP contribution is 2.09. The summed E-state index contributed by atoms with van der Waals surface area (Å²) in [4.78, 5) is 11.4. The van der Waals surface area contributed by atoms with Crippen LogP contribution in [0.25, 0.3) is 0 Å². The Hall–Kier alpha value is -1.17. The Labute approximate surface area is 114 Å². The summed E-state index contributed by atoms with van der Waals surface area (Å²) in [5.41, 5.74) is 0. The maximum absolute atomic E-state index is 11.4. The Bertz CT molecular complexity index is 327. The largest absolute Gasteiger partial charge is 0.387 e. The first-order valence-corrected chi connectivity index (χ1v) is 6.64. The van der Waals surface area contributed by atoms with Gasteiger partial charge in [0.1, 0.15) is 18.3 Å². The van der Waals surface area contributed by atoms with E-state index in [4.69, 9.17) is 4.74 Å². The van der Waals surface area contributed by atoms with Crippen molar-refractivity contribution in [3.05, 3.63) is 24.3 Å². The van der Waals surface area contributed by atoms with Crippen molar-refractivity contribution < 1.29 is 19.7 Å². The standard InChI is InChI=1S/C14H23NO4/c1-19-12-8-4-2-3-5-9-13(17)15-10-6-7-11(16)14(12)18/h4,6-8,11-12,14,16,18H,2-3,5,9-10H2,1H3,(H,15,17)/b7-6-,8-4+/t11-,12-,14-/m0/s1. The zero-order valence-electron chi connectivity index (χ0n) is 11.3. The van der Waals surface area contributed by atoms with E-state index in [2.05, 4.69) is 5.32 Å². The minimum atomic E-state index is -1.02. The molecule has 1 aliphatic rings. The maximum atomic E-state index is 11.4. The van der Waals surface area contributed by atoms with Crippen molar-refractivity contribution in [2.24, 2.45) is 0 Å². The van der Waals surface area contributed by atoms with Gasteiger partial charge in [-0.3, -0.25) is 4.79 Å². The normalized spacial score (nSPS) is 34.1. The molecule has 1 aliphatic heterocycles. The second-order valence-corrected chi connectivity index (χ2v) is 4.59. The number of amides is 1. The first-order chi connectivity index (χ1) is 9.15. The molecule has 3 atom stereocenters. The smallest absolute Gasteiger partial charge is 0.220 e. The number of allylic oxidation sites excluding steroid dienone is 1. The molecule has 19 heavy (non-hydrogen) atoms. The lowest BCUT2D eigenvalue weighted by Crippen LogP contribution is -2.36. The van der Waals surface area contributed by atoms with Crippen LogP contribution in [-0.4, -0.2) is 48.1 Å². The molecule has 3 N–H and O–H groups in total. The second-order valence-electron chi connectivity index (χ2n) is 4.59. The van der Waals surface area contributed by atoms with E-state index in [1.54, 1.807) is 12.2 Å². The van der Waals surface area contributed by atoms with Crippen molar-refractivity contribution >= 4 is 5.91 Å². The van der Waals surface area contributed by atoms with Crippen LogP contribution in [0.1, 0.15) is 25.7 Å². The molecule has 0 aromatic carbocycles. The van der Waals surface area contributed by atoms with Gasteiger partial charge < -0.3 is 20.3 Å². The van der Waals surface area contributed by atoms with E-state index in [0.717, 1.165) is 19.3 Å². The van der Waals surface area contributed by atoms with Crippen LogP contribution < -0.4 is 5.32 Å². The van der Waals surface area contributed by atoms with Gasteiger partial charge in [-0.25, -0.2) is 0 Å². The number of ether oxygens (including phenoxy) is 1. The van der Waals surface area contributed by atoms with E-state index in [9.17, 15) is 15.0 Å². The first kappa shape index (κ1) is 15.9. The molecule has 5 nitrogen and oxygen atoms in total. The van der Waals surface area contributed by atoms with Crippen LogP contribution >= 0.6 is 0 Å². The summed E-state index contributed by atoms with van der Waals surface area (Å²) in [5.74, 6) is 0.00972. The van der Waals surface area contributed by atoms with Crippen LogP contribution in [0.5, 0.6) is 0 Å². The van der Waals surface area contributed by atoms with E-state index in [1.165, 1.54) is 13.2 Å². The summed E-state index contributed by atoms with van der Waals surface area (Å²) < 4.78 is 5.15. The molecule has 0 spiro atoms. The van der Waals surface area contributed by atoms with Crippen LogP contribution in [0.4, 0.5) is 0 Å². The first-order valence-electron chi connectivity index (χ1n) is 6.64. The topological polar surface area (TPSA) is 78.8 Å². The lowest BCUT2D eigenvalue weighted by atomic mass is 10.1. The highest BCUT2D eigenvalue weighted by atomic mass is 16.5. The Kier molecular flexibility index (Phi) is 7.40. The molecule has 1 amide bonds. The zero-order valence-corrected chi connectivity index (χ0v) is 11.3. The molecule has 0 saturated heterocycles. The fourth-order valence-electron chi connectivity index (χ4n) is 1.89. The summed E-state index contributed by atoms with van der Waals surface area (Å²) in [6, 6.07) is 0. The van der Waals surface area contributed by atoms with Crippen LogP contribution in [0.2, 0.25) is 0 Å². The van der Waals surface area contributed by atoms with Gasteiger partial charge in [-0.15, -0.1) is 0 Å². The van der Waals surface area contributed by atoms with Gasteiger partial charge in [-0.2, -0.15) is 0 Å². The van der Waals surface area contributed by atoms with Crippen LogP contribution in [0.3, 0.4) is 0 Å². The molecular formula is C14H23NO4. The average Bonchev–Trinajstić information content (AvgIpc) is 2.41. The highest BCUT2D eigenvalue weighted by molar-refractivity contribution is 5.75. The molecule has 5 heteroatoms.